The summed E-state index contributed by atoms with van der Waals surface area (Å²) in [5, 5.41) is 9.48. The molecule has 0 spiro atoms. The largest absolute Gasteiger partial charge is 0.379 e. The highest BCUT2D eigenvalue weighted by atomic mass is 16.5. The molecule has 18 heavy (non-hydrogen) atoms. The van der Waals surface area contributed by atoms with Crippen molar-refractivity contribution in [2.24, 2.45) is 11.8 Å². The highest BCUT2D eigenvalue weighted by Crippen LogP contribution is 2.43. The number of nitrogens with zero attached hydrogens (tertiary/aromatic N) is 1. The summed E-state index contributed by atoms with van der Waals surface area (Å²) in [4.78, 5) is 0. The van der Waals surface area contributed by atoms with E-state index < -0.39 is 0 Å². The minimum absolute atomic E-state index is 0.0216. The maximum atomic E-state index is 9.48. The Morgan fingerprint density at radius 1 is 1.22 bits per heavy atom. The molecular formula is C16H21NO. The fraction of sp³-hybridized carbons (Fsp3) is 0.562. The molecule has 0 aliphatic carbocycles. The molecule has 2 heteroatoms. The number of aryl methyl sites for hydroxylation is 2. The van der Waals surface area contributed by atoms with Crippen LogP contribution >= 0.6 is 0 Å². The SMILES string of the molecule is Cc1ccc(C2(C(C#N)C(C)C)COC2)cc1C. The summed E-state index contributed by atoms with van der Waals surface area (Å²) in [5.74, 6) is 0.369. The first kappa shape index (κ1) is 13.1. The second kappa shape index (κ2) is 4.74. The van der Waals surface area contributed by atoms with Crippen LogP contribution in [-0.4, -0.2) is 13.2 Å². The quantitative estimate of drug-likeness (QED) is 0.815. The highest BCUT2D eigenvalue weighted by Gasteiger charge is 2.48. The highest BCUT2D eigenvalue weighted by molar-refractivity contribution is 5.38. The van der Waals surface area contributed by atoms with Crippen molar-refractivity contribution in [2.45, 2.75) is 33.1 Å². The van der Waals surface area contributed by atoms with Crippen molar-refractivity contribution in [3.8, 4) is 6.07 Å². The van der Waals surface area contributed by atoms with Crippen molar-refractivity contribution in [2.75, 3.05) is 13.2 Å². The minimum atomic E-state index is -0.0959. The molecule has 0 N–H and O–H groups in total. The lowest BCUT2D eigenvalue weighted by Gasteiger charge is -2.46. The van der Waals surface area contributed by atoms with E-state index in [1.165, 1.54) is 16.7 Å². The van der Waals surface area contributed by atoms with Crippen LogP contribution in [0.1, 0.15) is 30.5 Å². The molecule has 1 aliphatic heterocycles. The summed E-state index contributed by atoms with van der Waals surface area (Å²) >= 11 is 0. The van der Waals surface area contributed by atoms with Crippen molar-refractivity contribution >= 4 is 0 Å². The number of benzene rings is 1. The van der Waals surface area contributed by atoms with Crippen LogP contribution in [0.2, 0.25) is 0 Å². The van der Waals surface area contributed by atoms with Gasteiger partial charge in [-0.15, -0.1) is 0 Å². The summed E-state index contributed by atoms with van der Waals surface area (Å²) in [6, 6.07) is 9.04. The molecule has 96 valence electrons. The molecule has 1 heterocycles. The van der Waals surface area contributed by atoms with Crippen molar-refractivity contribution in [1.29, 1.82) is 5.26 Å². The predicted octanol–water partition coefficient (Wildman–Crippen LogP) is 3.37. The first-order chi connectivity index (χ1) is 8.51. The number of ether oxygens (including phenoxy) is 1. The van der Waals surface area contributed by atoms with Crippen LogP contribution < -0.4 is 0 Å². The summed E-state index contributed by atoms with van der Waals surface area (Å²) in [6.45, 7) is 9.83. The van der Waals surface area contributed by atoms with Crippen LogP contribution in [0, 0.1) is 37.0 Å². The Kier molecular flexibility index (Phi) is 3.45. The molecule has 1 fully saturated rings. The van der Waals surface area contributed by atoms with Crippen LogP contribution in [0.4, 0.5) is 0 Å². The van der Waals surface area contributed by atoms with E-state index in [2.05, 4.69) is 52.0 Å². The second-order valence-corrected chi connectivity index (χ2v) is 5.80. The summed E-state index contributed by atoms with van der Waals surface area (Å²) in [7, 11) is 0. The van der Waals surface area contributed by atoms with Gasteiger partial charge in [-0.3, -0.25) is 0 Å². The zero-order chi connectivity index (χ0) is 13.3. The van der Waals surface area contributed by atoms with E-state index in [9.17, 15) is 5.26 Å². The standard InChI is InChI=1S/C16H21NO/c1-11(2)15(8-17)16(9-18-10-16)14-6-5-12(3)13(4)7-14/h5-7,11,15H,9-10H2,1-4H3. The van der Waals surface area contributed by atoms with Gasteiger partial charge in [-0.2, -0.15) is 5.26 Å². The molecule has 0 bridgehead atoms. The van der Waals surface area contributed by atoms with Gasteiger partial charge in [-0.1, -0.05) is 32.0 Å². The monoisotopic (exact) mass is 243 g/mol. The molecule has 0 saturated carbocycles. The van der Waals surface area contributed by atoms with Crippen LogP contribution in [0.3, 0.4) is 0 Å². The van der Waals surface area contributed by atoms with Gasteiger partial charge in [0.1, 0.15) is 0 Å². The average molecular weight is 243 g/mol. The van der Waals surface area contributed by atoms with E-state index in [4.69, 9.17) is 4.74 Å². The molecule has 1 aromatic carbocycles. The summed E-state index contributed by atoms with van der Waals surface area (Å²) in [6.07, 6.45) is 0. The van der Waals surface area contributed by atoms with E-state index in [1.807, 2.05) is 0 Å². The maximum Gasteiger partial charge on any atom is 0.0669 e. The minimum Gasteiger partial charge on any atom is -0.379 e. The third kappa shape index (κ3) is 1.93. The average Bonchev–Trinajstić information content (AvgIpc) is 2.26. The molecule has 0 radical (unpaired) electrons. The van der Waals surface area contributed by atoms with Gasteiger partial charge >= 0.3 is 0 Å². The predicted molar refractivity (Wildman–Crippen MR) is 72.4 cm³/mol. The van der Waals surface area contributed by atoms with Crippen LogP contribution in [-0.2, 0) is 10.2 Å². The van der Waals surface area contributed by atoms with Crippen molar-refractivity contribution < 1.29 is 4.74 Å². The Morgan fingerprint density at radius 3 is 2.28 bits per heavy atom. The van der Waals surface area contributed by atoms with Gasteiger partial charge < -0.3 is 4.74 Å². The normalized spacial score (nSPS) is 19.1. The van der Waals surface area contributed by atoms with E-state index in [1.54, 1.807) is 0 Å². The Hall–Kier alpha value is -1.33. The lowest BCUT2D eigenvalue weighted by Crippen LogP contribution is -2.53. The van der Waals surface area contributed by atoms with Crippen LogP contribution in [0.15, 0.2) is 18.2 Å². The Bertz CT molecular complexity index is 480. The van der Waals surface area contributed by atoms with Crippen molar-refractivity contribution in [3.63, 3.8) is 0 Å². The van der Waals surface area contributed by atoms with Crippen LogP contribution in [0.5, 0.6) is 0 Å². The van der Waals surface area contributed by atoms with Gasteiger partial charge in [0.05, 0.1) is 30.6 Å². The molecule has 1 atom stereocenters. The van der Waals surface area contributed by atoms with E-state index in [0.717, 1.165) is 0 Å². The third-order valence-corrected chi connectivity index (χ3v) is 4.20. The van der Waals surface area contributed by atoms with E-state index in [-0.39, 0.29) is 11.3 Å². The molecule has 0 amide bonds. The fourth-order valence-electron chi connectivity index (χ4n) is 2.81. The molecule has 0 aromatic heterocycles. The zero-order valence-corrected chi connectivity index (χ0v) is 11.7. The van der Waals surface area contributed by atoms with Gasteiger partial charge in [0.25, 0.3) is 0 Å². The van der Waals surface area contributed by atoms with E-state index >= 15 is 0 Å². The lowest BCUT2D eigenvalue weighted by molar-refractivity contribution is -0.0877. The second-order valence-electron chi connectivity index (χ2n) is 5.80. The Balaban J connectivity index is 2.44. The molecule has 1 saturated heterocycles. The van der Waals surface area contributed by atoms with Gasteiger partial charge in [-0.05, 0) is 36.5 Å². The lowest BCUT2D eigenvalue weighted by atomic mass is 9.65. The Morgan fingerprint density at radius 2 is 1.89 bits per heavy atom. The van der Waals surface area contributed by atoms with Gasteiger partial charge in [0.2, 0.25) is 0 Å². The fourth-order valence-corrected chi connectivity index (χ4v) is 2.81. The zero-order valence-electron chi connectivity index (χ0n) is 11.7. The molecule has 1 aliphatic rings. The molecule has 2 nitrogen and oxygen atoms in total. The van der Waals surface area contributed by atoms with Crippen molar-refractivity contribution in [3.05, 3.63) is 34.9 Å². The summed E-state index contributed by atoms with van der Waals surface area (Å²) < 4.78 is 5.44. The van der Waals surface area contributed by atoms with Gasteiger partial charge in [-0.25, -0.2) is 0 Å². The molecule has 1 aromatic rings. The van der Waals surface area contributed by atoms with Gasteiger partial charge in [0, 0.05) is 0 Å². The van der Waals surface area contributed by atoms with Crippen LogP contribution in [0.25, 0.3) is 0 Å². The molecule has 1 unspecified atom stereocenters. The van der Waals surface area contributed by atoms with Gasteiger partial charge in [0.15, 0.2) is 0 Å². The topological polar surface area (TPSA) is 33.0 Å². The first-order valence-electron chi connectivity index (χ1n) is 6.56. The molecule has 2 rings (SSSR count). The van der Waals surface area contributed by atoms with Crippen molar-refractivity contribution in [1.82, 2.24) is 0 Å². The Labute approximate surface area is 110 Å². The smallest absolute Gasteiger partial charge is 0.0669 e. The maximum absolute atomic E-state index is 9.48. The molecular weight excluding hydrogens is 222 g/mol. The number of rotatable bonds is 3. The number of nitriles is 1. The third-order valence-electron chi connectivity index (χ3n) is 4.20. The number of hydrogen-bond acceptors (Lipinski definition) is 2. The van der Waals surface area contributed by atoms with E-state index in [0.29, 0.717) is 19.1 Å². The number of hydrogen-bond donors (Lipinski definition) is 0. The first-order valence-corrected chi connectivity index (χ1v) is 6.56. The summed E-state index contributed by atoms with van der Waals surface area (Å²) in [5.41, 5.74) is 3.75.